The van der Waals surface area contributed by atoms with Gasteiger partial charge in [0.05, 0.1) is 34.8 Å². The third-order valence-electron chi connectivity index (χ3n) is 5.03. The molecule has 1 atom stereocenters. The van der Waals surface area contributed by atoms with Gasteiger partial charge in [0.25, 0.3) is 0 Å². The van der Waals surface area contributed by atoms with Crippen LogP contribution in [0, 0.1) is 0 Å². The van der Waals surface area contributed by atoms with Crippen LogP contribution >= 0.6 is 11.8 Å². The highest BCUT2D eigenvalue weighted by Gasteiger charge is 2.44. The maximum absolute atomic E-state index is 13.4. The van der Waals surface area contributed by atoms with Crippen molar-refractivity contribution >= 4 is 46.0 Å². The minimum Gasteiger partial charge on any atom is -0.497 e. The number of rotatable bonds is 4. The van der Waals surface area contributed by atoms with E-state index in [1.54, 1.807) is 31.9 Å². The molecule has 2 N–H and O–H groups in total. The summed E-state index contributed by atoms with van der Waals surface area (Å²) in [7, 11) is 1.61. The Balaban J connectivity index is 1.62. The van der Waals surface area contributed by atoms with E-state index in [4.69, 9.17) is 4.74 Å². The number of imidazole rings is 1. The van der Waals surface area contributed by atoms with E-state index in [1.807, 2.05) is 43.3 Å². The normalized spacial score (nSPS) is 16.3. The molecule has 7 nitrogen and oxygen atoms in total. The van der Waals surface area contributed by atoms with Crippen LogP contribution in [0.4, 0.5) is 11.4 Å². The highest BCUT2D eigenvalue weighted by atomic mass is 32.2. The third-order valence-corrected chi connectivity index (χ3v) is 6.00. The van der Waals surface area contributed by atoms with Gasteiger partial charge in [0.2, 0.25) is 11.8 Å². The van der Waals surface area contributed by atoms with E-state index in [9.17, 15) is 9.59 Å². The zero-order valence-electron chi connectivity index (χ0n) is 16.6. The van der Waals surface area contributed by atoms with E-state index in [0.29, 0.717) is 16.5 Å². The van der Waals surface area contributed by atoms with Crippen molar-refractivity contribution in [3.8, 4) is 5.75 Å². The fourth-order valence-corrected chi connectivity index (χ4v) is 4.26. The van der Waals surface area contributed by atoms with Crippen LogP contribution in [0.5, 0.6) is 5.75 Å². The molecular weight excluding hydrogens is 388 g/mol. The van der Waals surface area contributed by atoms with Crippen molar-refractivity contribution in [3.05, 3.63) is 42.5 Å². The van der Waals surface area contributed by atoms with Crippen molar-refractivity contribution in [1.82, 2.24) is 9.97 Å². The molecule has 0 fully saturated rings. The Morgan fingerprint density at radius 3 is 2.76 bits per heavy atom. The van der Waals surface area contributed by atoms with Gasteiger partial charge in [-0.05, 0) is 45.0 Å². The molecule has 2 aromatic carbocycles. The van der Waals surface area contributed by atoms with Gasteiger partial charge in [0.1, 0.15) is 11.3 Å². The number of anilines is 2. The van der Waals surface area contributed by atoms with E-state index >= 15 is 0 Å². The smallest absolute Gasteiger partial charge is 0.250 e. The summed E-state index contributed by atoms with van der Waals surface area (Å²) in [6.07, 6.45) is 0. The number of ether oxygens (including phenoxy) is 1. The number of hydrogen-bond acceptors (Lipinski definition) is 5. The Labute approximate surface area is 172 Å². The van der Waals surface area contributed by atoms with E-state index in [2.05, 4.69) is 15.3 Å². The van der Waals surface area contributed by atoms with Gasteiger partial charge in [0, 0.05) is 6.07 Å². The van der Waals surface area contributed by atoms with Crippen molar-refractivity contribution in [2.75, 3.05) is 17.3 Å². The van der Waals surface area contributed by atoms with Crippen LogP contribution in [0.25, 0.3) is 11.0 Å². The molecule has 0 aliphatic carbocycles. The van der Waals surface area contributed by atoms with Crippen LogP contribution < -0.4 is 15.0 Å². The van der Waals surface area contributed by atoms with Crippen LogP contribution in [-0.4, -0.2) is 39.7 Å². The Kier molecular flexibility index (Phi) is 4.74. The number of aromatic amines is 1. The minimum atomic E-state index is -0.999. The molecule has 1 aromatic heterocycles. The first kappa shape index (κ1) is 19.3. The number of benzene rings is 2. The van der Waals surface area contributed by atoms with Crippen molar-refractivity contribution in [2.45, 2.75) is 36.7 Å². The molecule has 0 saturated heterocycles. The average molecular weight is 410 g/mol. The Morgan fingerprint density at radius 1 is 1.24 bits per heavy atom. The molecule has 1 aliphatic heterocycles. The summed E-state index contributed by atoms with van der Waals surface area (Å²) in [6, 6.07) is 12.9. The second-order valence-corrected chi connectivity index (χ2v) is 8.72. The molecule has 0 bridgehead atoms. The van der Waals surface area contributed by atoms with Gasteiger partial charge in [0.15, 0.2) is 5.16 Å². The molecule has 0 spiro atoms. The number of nitrogens with one attached hydrogen (secondary N) is 2. The average Bonchev–Trinajstić information content (AvgIpc) is 3.09. The number of fused-ring (bicyclic) bond motifs is 2. The van der Waals surface area contributed by atoms with E-state index in [0.717, 1.165) is 16.8 Å². The molecule has 1 unspecified atom stereocenters. The molecule has 8 heteroatoms. The predicted molar refractivity (Wildman–Crippen MR) is 115 cm³/mol. The van der Waals surface area contributed by atoms with Gasteiger partial charge >= 0.3 is 0 Å². The lowest BCUT2D eigenvalue weighted by Gasteiger charge is -2.42. The summed E-state index contributed by atoms with van der Waals surface area (Å²) in [5.74, 6) is 0.373. The number of H-pyrrole nitrogens is 1. The lowest BCUT2D eigenvalue weighted by atomic mass is 9.96. The van der Waals surface area contributed by atoms with Gasteiger partial charge < -0.3 is 15.0 Å². The van der Waals surface area contributed by atoms with Gasteiger partial charge in [-0.3, -0.25) is 14.5 Å². The topological polar surface area (TPSA) is 87.3 Å². The van der Waals surface area contributed by atoms with Crippen LogP contribution in [0.3, 0.4) is 0 Å². The zero-order valence-corrected chi connectivity index (χ0v) is 17.5. The number of methoxy groups -OCH3 is 1. The number of thioether (sulfide) groups is 1. The number of nitrogens with zero attached hydrogens (tertiary/aromatic N) is 2. The number of carbonyl (C=O) groups excluding carboxylic acids is 2. The van der Waals surface area contributed by atoms with Gasteiger partial charge in [-0.15, -0.1) is 0 Å². The zero-order chi connectivity index (χ0) is 20.8. The van der Waals surface area contributed by atoms with Crippen molar-refractivity contribution in [3.63, 3.8) is 0 Å². The largest absolute Gasteiger partial charge is 0.497 e. The number of para-hydroxylation sites is 2. The number of amides is 2. The summed E-state index contributed by atoms with van der Waals surface area (Å²) >= 11 is 1.33. The molecule has 3 aromatic rings. The molecule has 2 heterocycles. The maximum atomic E-state index is 13.4. The Hall–Kier alpha value is -3.00. The SMILES string of the molecule is COc1ccc2nc(SC(C)C(=O)N3c4ccccc4NC(=O)C3(C)C)[nH]c2c1. The first-order valence-corrected chi connectivity index (χ1v) is 10.1. The fourth-order valence-electron chi connectivity index (χ4n) is 3.39. The van der Waals surface area contributed by atoms with E-state index in [1.165, 1.54) is 11.8 Å². The molecule has 150 valence electrons. The van der Waals surface area contributed by atoms with Crippen LogP contribution in [0.15, 0.2) is 47.6 Å². The maximum Gasteiger partial charge on any atom is 0.250 e. The van der Waals surface area contributed by atoms with Crippen LogP contribution in [0.1, 0.15) is 20.8 Å². The molecule has 1 aliphatic rings. The lowest BCUT2D eigenvalue weighted by molar-refractivity contribution is -0.126. The van der Waals surface area contributed by atoms with Crippen molar-refractivity contribution in [1.29, 1.82) is 0 Å². The Morgan fingerprint density at radius 2 is 2.00 bits per heavy atom. The van der Waals surface area contributed by atoms with Gasteiger partial charge in [-0.2, -0.15) is 0 Å². The molecule has 0 saturated carbocycles. The predicted octanol–water partition coefficient (Wildman–Crippen LogP) is 3.82. The highest BCUT2D eigenvalue weighted by molar-refractivity contribution is 8.00. The summed E-state index contributed by atoms with van der Waals surface area (Å²) in [6.45, 7) is 5.33. The lowest BCUT2D eigenvalue weighted by Crippen LogP contribution is -2.60. The second kappa shape index (κ2) is 7.11. The van der Waals surface area contributed by atoms with Gasteiger partial charge in [-0.25, -0.2) is 4.98 Å². The van der Waals surface area contributed by atoms with E-state index < -0.39 is 10.8 Å². The monoisotopic (exact) mass is 410 g/mol. The second-order valence-electron chi connectivity index (χ2n) is 7.39. The fraction of sp³-hybridized carbons (Fsp3) is 0.286. The van der Waals surface area contributed by atoms with E-state index in [-0.39, 0.29) is 11.8 Å². The van der Waals surface area contributed by atoms with Gasteiger partial charge in [-0.1, -0.05) is 23.9 Å². The van der Waals surface area contributed by atoms with Crippen LogP contribution in [0.2, 0.25) is 0 Å². The molecule has 0 radical (unpaired) electrons. The standard InChI is InChI=1S/C21H22N4O3S/c1-12(29-20-23-14-10-9-13(28-4)11-16(14)24-20)18(26)25-17-8-6-5-7-15(17)22-19(27)21(25,2)3/h5-12H,1-4H3,(H,22,27)(H,23,24). The molecular formula is C21H22N4O3S. The summed E-state index contributed by atoms with van der Waals surface area (Å²) in [5.41, 5.74) is 1.98. The number of carbonyl (C=O) groups is 2. The van der Waals surface area contributed by atoms with Crippen LogP contribution in [-0.2, 0) is 9.59 Å². The van der Waals surface area contributed by atoms with Crippen molar-refractivity contribution in [2.24, 2.45) is 0 Å². The molecule has 29 heavy (non-hydrogen) atoms. The third kappa shape index (κ3) is 3.33. The summed E-state index contributed by atoms with van der Waals surface area (Å²) < 4.78 is 5.24. The summed E-state index contributed by atoms with van der Waals surface area (Å²) in [5, 5.41) is 3.07. The highest BCUT2D eigenvalue weighted by Crippen LogP contribution is 2.38. The summed E-state index contributed by atoms with van der Waals surface area (Å²) in [4.78, 5) is 35.4. The minimum absolute atomic E-state index is 0.152. The quantitative estimate of drug-likeness (QED) is 0.639. The molecule has 2 amide bonds. The first-order valence-electron chi connectivity index (χ1n) is 9.26. The Bertz CT molecular complexity index is 1110. The number of hydrogen-bond donors (Lipinski definition) is 2. The van der Waals surface area contributed by atoms with Crippen molar-refractivity contribution < 1.29 is 14.3 Å². The molecule has 4 rings (SSSR count). The first-order chi connectivity index (χ1) is 13.8. The number of aromatic nitrogens is 2.